The van der Waals surface area contributed by atoms with E-state index in [-0.39, 0.29) is 22.3 Å². The molecule has 2 heterocycles. The number of rotatable bonds is 9. The van der Waals surface area contributed by atoms with Gasteiger partial charge in [0.2, 0.25) is 17.8 Å². The third-order valence-electron chi connectivity index (χ3n) is 7.89. The Bertz CT molecular complexity index is 1850. The smallest absolute Gasteiger partial charge is 0.338 e. The summed E-state index contributed by atoms with van der Waals surface area (Å²) in [6, 6.07) is 32.1. The van der Waals surface area contributed by atoms with Crippen molar-refractivity contribution < 1.29 is 52.3 Å². The van der Waals surface area contributed by atoms with Crippen molar-refractivity contribution in [2.45, 2.75) is 49.8 Å². The highest BCUT2D eigenvalue weighted by molar-refractivity contribution is 5.92. The van der Waals surface area contributed by atoms with Crippen LogP contribution in [0.25, 0.3) is 0 Å². The Morgan fingerprint density at radius 3 is 1.42 bits per heavy atom. The molecule has 2 aliphatic heterocycles. The predicted octanol–water partition coefficient (Wildman–Crippen LogP) is 5.38. The van der Waals surface area contributed by atoms with Crippen molar-refractivity contribution in [3.05, 3.63) is 144 Å². The second kappa shape index (κ2) is 14.3. The lowest BCUT2D eigenvalue weighted by Crippen LogP contribution is -2.70. The average molecular weight is 680 g/mol. The van der Waals surface area contributed by atoms with Crippen LogP contribution in [0, 0.1) is 5.41 Å². The maximum absolute atomic E-state index is 13.7. The van der Waals surface area contributed by atoms with E-state index in [1.54, 1.807) is 84.9 Å². The van der Waals surface area contributed by atoms with E-state index in [0.29, 0.717) is 0 Å². The number of carbonyl (C=O) groups is 4. The van der Waals surface area contributed by atoms with Crippen LogP contribution in [0.3, 0.4) is 0 Å². The van der Waals surface area contributed by atoms with Gasteiger partial charge in [-0.15, -0.1) is 0 Å². The van der Waals surface area contributed by atoms with Crippen molar-refractivity contribution in [3.63, 3.8) is 0 Å². The summed E-state index contributed by atoms with van der Waals surface area (Å²) in [6.07, 6.45) is -6.52. The first-order chi connectivity index (χ1) is 24.1. The molecule has 2 fully saturated rings. The molecule has 2 saturated heterocycles. The number of esters is 4. The largest absolute Gasteiger partial charge is 0.459 e. The Morgan fingerprint density at radius 2 is 1.00 bits per heavy atom. The molecule has 0 unspecified atom stereocenters. The minimum atomic E-state index is -2.35. The van der Waals surface area contributed by atoms with E-state index in [9.17, 15) is 19.2 Å². The molecule has 5 atom stereocenters. The molecule has 6 rings (SSSR count). The van der Waals surface area contributed by atoms with Crippen LogP contribution in [-0.4, -0.2) is 72.4 Å². The number of hydrogen-bond acceptors (Lipinski definition) is 12. The summed E-state index contributed by atoms with van der Waals surface area (Å²) in [4.78, 5) is 54.1. The first-order valence-electron chi connectivity index (χ1n) is 15.7. The van der Waals surface area contributed by atoms with Gasteiger partial charge in [-0.2, -0.15) is 0 Å². The highest BCUT2D eigenvalue weighted by atomic mass is 16.9. The molecule has 0 radical (unpaired) electrons. The summed E-state index contributed by atoms with van der Waals surface area (Å²) in [6.45, 7) is 2.44. The molecule has 12 heteroatoms. The molecule has 4 aromatic rings. The molecule has 2 aliphatic rings. The fraction of sp³-hybridized carbons (Fsp3) is 0.237. The molecule has 12 nitrogen and oxygen atoms in total. The van der Waals surface area contributed by atoms with Gasteiger partial charge in [0.1, 0.15) is 12.7 Å². The van der Waals surface area contributed by atoms with Crippen molar-refractivity contribution in [1.29, 1.82) is 5.41 Å². The van der Waals surface area contributed by atoms with Crippen molar-refractivity contribution in [2.24, 2.45) is 0 Å². The lowest BCUT2D eigenvalue weighted by atomic mass is 9.91. The van der Waals surface area contributed by atoms with E-state index in [4.69, 9.17) is 38.6 Å². The number of nitrogens with one attached hydrogen (secondary N) is 1. The fourth-order valence-corrected chi connectivity index (χ4v) is 5.62. The molecular formula is C38H33NO11. The second-order valence-electron chi connectivity index (χ2n) is 11.9. The third kappa shape index (κ3) is 7.26. The van der Waals surface area contributed by atoms with Crippen LogP contribution in [0.5, 0.6) is 0 Å². The second-order valence-corrected chi connectivity index (χ2v) is 11.9. The zero-order valence-electron chi connectivity index (χ0n) is 27.1. The van der Waals surface area contributed by atoms with Gasteiger partial charge in [-0.05, 0) is 48.5 Å². The van der Waals surface area contributed by atoms with Gasteiger partial charge in [0, 0.05) is 13.8 Å². The zero-order chi connectivity index (χ0) is 35.3. The predicted molar refractivity (Wildman–Crippen MR) is 175 cm³/mol. The Hall–Kier alpha value is -5.85. The molecule has 256 valence electrons. The van der Waals surface area contributed by atoms with E-state index in [0.717, 1.165) is 0 Å². The van der Waals surface area contributed by atoms with Gasteiger partial charge < -0.3 is 28.4 Å². The SMILES string of the molecule is CC1(C)OC(=N)[C@]2(O[C@H](COC(=O)c3ccccc3)[C@@H](OC(=O)c3ccccc3)[C@H](OC(=O)c3ccccc3)[C@H]2OC(=O)c2ccccc2)O1. The lowest BCUT2D eigenvalue weighted by molar-refractivity contribution is -0.347. The summed E-state index contributed by atoms with van der Waals surface area (Å²) >= 11 is 0. The van der Waals surface area contributed by atoms with Crippen molar-refractivity contribution in [1.82, 2.24) is 0 Å². The van der Waals surface area contributed by atoms with Crippen LogP contribution in [0.2, 0.25) is 0 Å². The Labute approximate surface area is 287 Å². The summed E-state index contributed by atoms with van der Waals surface area (Å²) in [5.41, 5.74) is 0.623. The minimum Gasteiger partial charge on any atom is -0.459 e. The van der Waals surface area contributed by atoms with E-state index in [1.807, 2.05) is 0 Å². The van der Waals surface area contributed by atoms with Gasteiger partial charge in [0.15, 0.2) is 12.2 Å². The molecule has 0 amide bonds. The van der Waals surface area contributed by atoms with Gasteiger partial charge in [0.25, 0.3) is 5.79 Å². The summed E-state index contributed by atoms with van der Waals surface area (Å²) < 4.78 is 42.0. The average Bonchev–Trinajstić information content (AvgIpc) is 3.37. The van der Waals surface area contributed by atoms with Gasteiger partial charge in [0.05, 0.1) is 22.3 Å². The Morgan fingerprint density at radius 1 is 0.600 bits per heavy atom. The molecule has 0 saturated carbocycles. The van der Waals surface area contributed by atoms with Crippen molar-refractivity contribution in [3.8, 4) is 0 Å². The zero-order valence-corrected chi connectivity index (χ0v) is 27.1. The summed E-state index contributed by atoms with van der Waals surface area (Å²) in [7, 11) is 0. The standard InChI is InChI=1S/C38H33NO11/c1-37(2)49-36(39)38(50-37)31(47-35(43)27-21-13-6-14-22-27)30(46-34(42)26-19-11-5-12-20-26)29(45-33(41)25-17-9-4-10-18-25)28(48-38)23-44-32(40)24-15-7-3-8-16-24/h3-22,28-31,39H,23H2,1-2H3/t28-,29-,30+,31-,38-/m1/s1. The van der Waals surface area contributed by atoms with Gasteiger partial charge in [-0.25, -0.2) is 19.2 Å². The van der Waals surface area contributed by atoms with E-state index in [2.05, 4.69) is 0 Å². The Balaban J connectivity index is 1.46. The molecule has 0 bridgehead atoms. The normalized spacial score (nSPS) is 23.7. The topological polar surface area (TPSA) is 157 Å². The molecule has 0 aliphatic carbocycles. The molecule has 50 heavy (non-hydrogen) atoms. The van der Waals surface area contributed by atoms with Crippen LogP contribution in [0.1, 0.15) is 55.3 Å². The highest BCUT2D eigenvalue weighted by Gasteiger charge is 2.69. The summed E-state index contributed by atoms with van der Waals surface area (Å²) in [5.74, 6) is -7.81. The molecule has 1 spiro atoms. The van der Waals surface area contributed by atoms with Crippen LogP contribution < -0.4 is 0 Å². The third-order valence-corrected chi connectivity index (χ3v) is 7.89. The van der Waals surface area contributed by atoms with E-state index < -0.39 is 72.4 Å². The van der Waals surface area contributed by atoms with Crippen LogP contribution in [-0.2, 0) is 33.2 Å². The monoisotopic (exact) mass is 679 g/mol. The molecular weight excluding hydrogens is 646 g/mol. The first-order valence-corrected chi connectivity index (χ1v) is 15.7. The first kappa shape index (κ1) is 34.0. The van der Waals surface area contributed by atoms with Crippen molar-refractivity contribution >= 4 is 29.8 Å². The van der Waals surface area contributed by atoms with Crippen molar-refractivity contribution in [2.75, 3.05) is 6.61 Å². The number of carbonyl (C=O) groups excluding carboxylic acids is 4. The molecule has 4 aromatic carbocycles. The quantitative estimate of drug-likeness (QED) is 0.179. The highest BCUT2D eigenvalue weighted by Crippen LogP contribution is 2.45. The summed E-state index contributed by atoms with van der Waals surface area (Å²) in [5, 5.41) is 8.93. The molecule has 1 N–H and O–H groups in total. The lowest BCUT2D eigenvalue weighted by Gasteiger charge is -2.48. The van der Waals surface area contributed by atoms with Crippen LogP contribution >= 0.6 is 0 Å². The molecule has 0 aromatic heterocycles. The number of ether oxygens (including phenoxy) is 7. The van der Waals surface area contributed by atoms with E-state index in [1.165, 1.54) is 50.2 Å². The maximum atomic E-state index is 13.7. The van der Waals surface area contributed by atoms with Gasteiger partial charge in [-0.1, -0.05) is 72.8 Å². The Kier molecular flexibility index (Phi) is 9.75. The fourth-order valence-electron chi connectivity index (χ4n) is 5.62. The van der Waals surface area contributed by atoms with Crippen LogP contribution in [0.4, 0.5) is 0 Å². The van der Waals surface area contributed by atoms with Gasteiger partial charge >= 0.3 is 23.9 Å². The maximum Gasteiger partial charge on any atom is 0.338 e. The number of benzene rings is 4. The van der Waals surface area contributed by atoms with Crippen LogP contribution in [0.15, 0.2) is 121 Å². The number of hydrogen-bond donors (Lipinski definition) is 1. The van der Waals surface area contributed by atoms with E-state index >= 15 is 0 Å². The minimum absolute atomic E-state index is 0.122. The van der Waals surface area contributed by atoms with Gasteiger partial charge in [-0.3, -0.25) is 10.1 Å².